The summed E-state index contributed by atoms with van der Waals surface area (Å²) in [7, 11) is 0. The Hall–Kier alpha value is -2.24. The molecular weight excluding hydrogens is 344 g/mol. The average Bonchev–Trinajstić information content (AvgIpc) is 3.22. The Bertz CT molecular complexity index is 906. The van der Waals surface area contributed by atoms with E-state index >= 15 is 0 Å². The summed E-state index contributed by atoms with van der Waals surface area (Å²) in [4.78, 5) is 21.1. The first kappa shape index (κ1) is 17.2. The van der Waals surface area contributed by atoms with Gasteiger partial charge in [-0.15, -0.1) is 11.3 Å². The Morgan fingerprint density at radius 3 is 3.00 bits per heavy atom. The molecule has 4 rings (SSSR count). The molecule has 5 heteroatoms. The molecule has 1 amide bonds. The Morgan fingerprint density at radius 1 is 1.31 bits per heavy atom. The lowest BCUT2D eigenvalue weighted by Gasteiger charge is -2.32. The van der Waals surface area contributed by atoms with Gasteiger partial charge in [-0.05, 0) is 43.3 Å². The summed E-state index contributed by atoms with van der Waals surface area (Å²) in [5.41, 5.74) is 2.46. The van der Waals surface area contributed by atoms with Crippen molar-refractivity contribution < 1.29 is 9.53 Å². The zero-order valence-electron chi connectivity index (χ0n) is 14.9. The van der Waals surface area contributed by atoms with Crippen LogP contribution < -0.4 is 0 Å². The fourth-order valence-electron chi connectivity index (χ4n) is 3.57. The summed E-state index contributed by atoms with van der Waals surface area (Å²) in [6.45, 7) is 4.14. The minimum atomic E-state index is 0.0748. The van der Waals surface area contributed by atoms with Gasteiger partial charge in [0.05, 0.1) is 27.8 Å². The maximum atomic E-state index is 13.3. The minimum Gasteiger partial charge on any atom is -0.377 e. The molecule has 1 aromatic carbocycles. The molecule has 0 bridgehead atoms. The summed E-state index contributed by atoms with van der Waals surface area (Å²) >= 11 is 1.64. The molecule has 0 saturated carbocycles. The van der Waals surface area contributed by atoms with Gasteiger partial charge in [-0.1, -0.05) is 24.3 Å². The number of ether oxygens (including phenoxy) is 1. The fourth-order valence-corrected chi connectivity index (χ4v) is 4.25. The van der Waals surface area contributed by atoms with E-state index in [2.05, 4.69) is 0 Å². The molecule has 0 radical (unpaired) electrons. The molecule has 3 heterocycles. The number of para-hydroxylation sites is 1. The van der Waals surface area contributed by atoms with Crippen molar-refractivity contribution in [3.8, 4) is 10.6 Å². The number of hydrogen-bond acceptors (Lipinski definition) is 4. The van der Waals surface area contributed by atoms with Gasteiger partial charge in [-0.25, -0.2) is 4.98 Å². The number of carbonyl (C=O) groups excluding carboxylic acids is 1. The van der Waals surface area contributed by atoms with Crippen LogP contribution in [0.4, 0.5) is 0 Å². The van der Waals surface area contributed by atoms with Crippen LogP contribution in [0, 0.1) is 0 Å². The van der Waals surface area contributed by atoms with Crippen molar-refractivity contribution >= 4 is 28.1 Å². The quantitative estimate of drug-likeness (QED) is 0.677. The predicted molar refractivity (Wildman–Crippen MR) is 106 cm³/mol. The largest absolute Gasteiger partial charge is 0.377 e. The van der Waals surface area contributed by atoms with E-state index in [1.54, 1.807) is 11.3 Å². The molecular formula is C21H22N2O2S. The van der Waals surface area contributed by atoms with Crippen LogP contribution in [0.2, 0.25) is 0 Å². The third kappa shape index (κ3) is 3.37. The Kier molecular flexibility index (Phi) is 5.00. The number of pyridine rings is 1. The monoisotopic (exact) mass is 366 g/mol. The van der Waals surface area contributed by atoms with Crippen LogP contribution in [0.15, 0.2) is 47.8 Å². The van der Waals surface area contributed by atoms with Crippen molar-refractivity contribution in [2.75, 3.05) is 19.7 Å². The molecule has 1 unspecified atom stereocenters. The number of rotatable bonds is 4. The summed E-state index contributed by atoms with van der Waals surface area (Å²) in [6.07, 6.45) is 2.15. The molecule has 0 N–H and O–H groups in total. The van der Waals surface area contributed by atoms with Crippen molar-refractivity contribution in [2.45, 2.75) is 25.9 Å². The number of benzene rings is 1. The number of nitrogens with zero attached hydrogens (tertiary/aromatic N) is 2. The number of thiophene rings is 1. The first-order valence-electron chi connectivity index (χ1n) is 9.11. The number of piperidine rings is 1. The SMILES string of the molecule is CCOC1CCCN(C(=O)c2cc(-c3cccs3)nc3ccccc23)C1. The Balaban J connectivity index is 1.73. The van der Waals surface area contributed by atoms with Gasteiger partial charge in [0, 0.05) is 25.1 Å². The van der Waals surface area contributed by atoms with Crippen LogP contribution in [-0.2, 0) is 4.74 Å². The van der Waals surface area contributed by atoms with Gasteiger partial charge in [0.25, 0.3) is 5.91 Å². The van der Waals surface area contributed by atoms with E-state index in [1.807, 2.05) is 59.7 Å². The van der Waals surface area contributed by atoms with E-state index in [-0.39, 0.29) is 12.0 Å². The highest BCUT2D eigenvalue weighted by Crippen LogP contribution is 2.29. The second kappa shape index (κ2) is 7.56. The van der Waals surface area contributed by atoms with Gasteiger partial charge in [-0.3, -0.25) is 4.79 Å². The Morgan fingerprint density at radius 2 is 2.19 bits per heavy atom. The van der Waals surface area contributed by atoms with Crippen LogP contribution in [0.3, 0.4) is 0 Å². The fraction of sp³-hybridized carbons (Fsp3) is 0.333. The molecule has 0 spiro atoms. The lowest BCUT2D eigenvalue weighted by atomic mass is 10.0. The second-order valence-corrected chi connectivity index (χ2v) is 7.47. The van der Waals surface area contributed by atoms with Crippen LogP contribution in [0.1, 0.15) is 30.1 Å². The van der Waals surface area contributed by atoms with Crippen molar-refractivity contribution in [1.29, 1.82) is 0 Å². The van der Waals surface area contributed by atoms with Crippen molar-refractivity contribution in [2.24, 2.45) is 0 Å². The van der Waals surface area contributed by atoms with Crippen LogP contribution in [-0.4, -0.2) is 41.6 Å². The number of fused-ring (bicyclic) bond motifs is 1. The highest BCUT2D eigenvalue weighted by molar-refractivity contribution is 7.13. The van der Waals surface area contributed by atoms with Crippen molar-refractivity contribution in [3.63, 3.8) is 0 Å². The van der Waals surface area contributed by atoms with Crippen molar-refractivity contribution in [1.82, 2.24) is 9.88 Å². The van der Waals surface area contributed by atoms with Gasteiger partial charge in [0.2, 0.25) is 0 Å². The topological polar surface area (TPSA) is 42.4 Å². The van der Waals surface area contributed by atoms with Gasteiger partial charge in [0.1, 0.15) is 0 Å². The smallest absolute Gasteiger partial charge is 0.254 e. The third-order valence-corrected chi connectivity index (χ3v) is 5.68. The normalized spacial score (nSPS) is 17.6. The van der Waals surface area contributed by atoms with E-state index < -0.39 is 0 Å². The van der Waals surface area contributed by atoms with Gasteiger partial charge in [0.15, 0.2) is 0 Å². The zero-order valence-corrected chi connectivity index (χ0v) is 15.7. The predicted octanol–water partition coefficient (Wildman–Crippen LogP) is 4.60. The third-order valence-electron chi connectivity index (χ3n) is 4.79. The van der Waals surface area contributed by atoms with Crippen LogP contribution >= 0.6 is 11.3 Å². The molecule has 0 aliphatic carbocycles. The zero-order chi connectivity index (χ0) is 17.9. The second-order valence-electron chi connectivity index (χ2n) is 6.52. The number of aromatic nitrogens is 1. The Labute approximate surface area is 157 Å². The molecule has 2 aromatic heterocycles. The van der Waals surface area contributed by atoms with E-state index in [1.165, 1.54) is 0 Å². The van der Waals surface area contributed by atoms with E-state index in [4.69, 9.17) is 9.72 Å². The standard InChI is InChI=1S/C21H22N2O2S/c1-2-25-15-7-5-11-23(14-15)21(24)17-13-19(20-10-6-12-26-20)22-18-9-4-3-8-16(17)18/h3-4,6,8-10,12-13,15H,2,5,7,11,14H2,1H3. The van der Waals surface area contributed by atoms with Crippen LogP contribution in [0.25, 0.3) is 21.5 Å². The molecule has 1 aliphatic heterocycles. The summed E-state index contributed by atoms with van der Waals surface area (Å²) in [5, 5.41) is 2.95. The molecule has 1 atom stereocenters. The molecule has 1 fully saturated rings. The highest BCUT2D eigenvalue weighted by Gasteiger charge is 2.26. The van der Waals surface area contributed by atoms with E-state index in [0.29, 0.717) is 13.2 Å². The number of amides is 1. The lowest BCUT2D eigenvalue weighted by Crippen LogP contribution is -2.43. The van der Waals surface area contributed by atoms with Gasteiger partial charge >= 0.3 is 0 Å². The maximum Gasteiger partial charge on any atom is 0.254 e. The summed E-state index contributed by atoms with van der Waals surface area (Å²) in [6, 6.07) is 13.9. The molecule has 3 aromatic rings. The number of carbonyl (C=O) groups is 1. The maximum absolute atomic E-state index is 13.3. The van der Waals surface area contributed by atoms with Gasteiger partial charge < -0.3 is 9.64 Å². The van der Waals surface area contributed by atoms with E-state index in [0.717, 1.165) is 46.4 Å². The number of likely N-dealkylation sites (tertiary alicyclic amines) is 1. The molecule has 4 nitrogen and oxygen atoms in total. The molecule has 1 aliphatic rings. The highest BCUT2D eigenvalue weighted by atomic mass is 32.1. The average molecular weight is 366 g/mol. The first-order valence-corrected chi connectivity index (χ1v) is 9.98. The number of hydrogen-bond donors (Lipinski definition) is 0. The van der Waals surface area contributed by atoms with Crippen LogP contribution in [0.5, 0.6) is 0 Å². The van der Waals surface area contributed by atoms with Crippen molar-refractivity contribution in [3.05, 3.63) is 53.4 Å². The molecule has 26 heavy (non-hydrogen) atoms. The first-order chi connectivity index (χ1) is 12.8. The van der Waals surface area contributed by atoms with E-state index in [9.17, 15) is 4.79 Å². The minimum absolute atomic E-state index is 0.0748. The lowest BCUT2D eigenvalue weighted by molar-refractivity contribution is 0.00731. The molecule has 1 saturated heterocycles. The summed E-state index contributed by atoms with van der Waals surface area (Å²) < 4.78 is 5.76. The molecule has 134 valence electrons. The summed E-state index contributed by atoms with van der Waals surface area (Å²) in [5.74, 6) is 0.0748. The van der Waals surface area contributed by atoms with Gasteiger partial charge in [-0.2, -0.15) is 0 Å².